The number of hydrogen-bond acceptors (Lipinski definition) is 7. The number of aliphatic hydroxyl groups is 1. The van der Waals surface area contributed by atoms with E-state index < -0.39 is 16.1 Å². The summed E-state index contributed by atoms with van der Waals surface area (Å²) >= 11 is 3.33. The van der Waals surface area contributed by atoms with Gasteiger partial charge in [0.2, 0.25) is 0 Å². The highest BCUT2D eigenvalue weighted by Gasteiger charge is 2.32. The van der Waals surface area contributed by atoms with E-state index in [9.17, 15) is 13.5 Å². The highest BCUT2D eigenvalue weighted by atomic mass is 79.9. The largest absolute Gasteiger partial charge is 0.497 e. The highest BCUT2D eigenvalue weighted by molar-refractivity contribution is 9.08. The van der Waals surface area contributed by atoms with Crippen LogP contribution in [0.15, 0.2) is 84.0 Å². The van der Waals surface area contributed by atoms with E-state index in [4.69, 9.17) is 14.2 Å². The fourth-order valence-electron chi connectivity index (χ4n) is 5.01. The van der Waals surface area contributed by atoms with E-state index in [0.717, 1.165) is 50.2 Å². The van der Waals surface area contributed by atoms with Gasteiger partial charge in [0.15, 0.2) is 0 Å². The number of ether oxygens (including phenoxy) is 3. The van der Waals surface area contributed by atoms with E-state index in [0.29, 0.717) is 34.1 Å². The average Bonchev–Trinajstić information content (AvgIpc) is 3.00. The predicted molar refractivity (Wildman–Crippen MR) is 157 cm³/mol. The maximum atomic E-state index is 12.9. The van der Waals surface area contributed by atoms with Crippen molar-refractivity contribution in [3.8, 4) is 17.2 Å². The summed E-state index contributed by atoms with van der Waals surface area (Å²) in [5.41, 5.74) is 2.25. The molecule has 0 amide bonds. The van der Waals surface area contributed by atoms with Crippen LogP contribution in [0, 0.1) is 0 Å². The Bertz CT molecular complexity index is 1420. The third-order valence-electron chi connectivity index (χ3n) is 7.31. The van der Waals surface area contributed by atoms with Crippen LogP contribution >= 0.6 is 16.1 Å². The highest BCUT2D eigenvalue weighted by Crippen LogP contribution is 2.41. The van der Waals surface area contributed by atoms with Gasteiger partial charge in [-0.05, 0) is 74.3 Å². The molecule has 0 spiro atoms. The Morgan fingerprint density at radius 3 is 2.42 bits per heavy atom. The number of methoxy groups -OCH3 is 1. The normalized spacial score (nSPS) is 18.1. The molecule has 0 radical (unpaired) electrons. The summed E-state index contributed by atoms with van der Waals surface area (Å²) in [7, 11) is -1.94. The maximum Gasteiger partial charge on any atom is 0.252 e. The molecule has 0 aromatic heterocycles. The Morgan fingerprint density at radius 2 is 1.73 bits per heavy atom. The molecule has 10 heteroatoms. The Labute approximate surface area is 244 Å². The summed E-state index contributed by atoms with van der Waals surface area (Å²) in [4.78, 5) is 2.63. The lowest BCUT2D eigenvalue weighted by atomic mass is 9.94. The van der Waals surface area contributed by atoms with E-state index in [1.165, 1.54) is 3.33 Å². The topological polar surface area (TPSA) is 88.5 Å². The zero-order chi connectivity index (χ0) is 28.1. The van der Waals surface area contributed by atoms with E-state index in [1.54, 1.807) is 43.7 Å². The van der Waals surface area contributed by atoms with Gasteiger partial charge < -0.3 is 24.2 Å². The van der Waals surface area contributed by atoms with Gasteiger partial charge in [-0.2, -0.15) is 0 Å². The number of benzene rings is 3. The van der Waals surface area contributed by atoms with Crippen molar-refractivity contribution in [3.63, 3.8) is 0 Å². The van der Waals surface area contributed by atoms with Gasteiger partial charge in [-0.25, -0.2) is 8.42 Å². The molecule has 40 heavy (non-hydrogen) atoms. The van der Waals surface area contributed by atoms with Crippen LogP contribution < -0.4 is 14.2 Å². The van der Waals surface area contributed by atoms with Crippen molar-refractivity contribution in [1.82, 2.24) is 8.23 Å². The van der Waals surface area contributed by atoms with Gasteiger partial charge in [0.1, 0.15) is 23.4 Å². The van der Waals surface area contributed by atoms with Gasteiger partial charge in [-0.15, -0.1) is 3.33 Å². The summed E-state index contributed by atoms with van der Waals surface area (Å²) in [5, 5.41) is 10.9. The second kappa shape index (κ2) is 12.7. The van der Waals surface area contributed by atoms with Crippen LogP contribution in [-0.4, -0.2) is 61.1 Å². The Balaban J connectivity index is 1.07. The Kier molecular flexibility index (Phi) is 9.12. The lowest BCUT2D eigenvalue weighted by Gasteiger charge is -2.35. The molecule has 0 aliphatic carbocycles. The first-order chi connectivity index (χ1) is 19.4. The number of sulfonamides is 1. The van der Waals surface area contributed by atoms with Gasteiger partial charge in [0, 0.05) is 45.9 Å². The zero-order valence-corrected chi connectivity index (χ0v) is 24.7. The van der Waals surface area contributed by atoms with Crippen molar-refractivity contribution < 1.29 is 27.7 Å². The molecule has 2 aliphatic heterocycles. The van der Waals surface area contributed by atoms with Gasteiger partial charge >= 0.3 is 0 Å². The molecule has 1 saturated heterocycles. The quantitative estimate of drug-likeness (QED) is 0.238. The minimum absolute atomic E-state index is 0.0807. The molecule has 3 aromatic carbocycles. The summed E-state index contributed by atoms with van der Waals surface area (Å²) in [6.07, 6.45) is 3.14. The number of halogens is 1. The summed E-state index contributed by atoms with van der Waals surface area (Å²) in [6, 6.07) is 21.4. The van der Waals surface area contributed by atoms with Crippen LogP contribution in [0.4, 0.5) is 0 Å². The first-order valence-electron chi connectivity index (χ1n) is 13.3. The Morgan fingerprint density at radius 1 is 1.02 bits per heavy atom. The summed E-state index contributed by atoms with van der Waals surface area (Å²) in [5.74, 6) is 2.02. The molecule has 1 unspecified atom stereocenters. The number of fused-ring (bicyclic) bond motifs is 1. The molecular formula is C30H33BrN2O6S. The number of hydrogen-bond donors (Lipinski definition) is 1. The average molecular weight is 630 g/mol. The van der Waals surface area contributed by atoms with Crippen molar-refractivity contribution in [2.75, 3.05) is 33.4 Å². The molecule has 5 rings (SSSR count). The van der Waals surface area contributed by atoms with Crippen molar-refractivity contribution in [2.24, 2.45) is 0 Å². The number of aliphatic hydroxyl groups excluding tert-OH is 1. The molecule has 212 valence electrons. The first kappa shape index (κ1) is 28.6. The van der Waals surface area contributed by atoms with E-state index >= 15 is 0 Å². The standard InChI is InChI=1S/C30H33BrN2O6S/c1-37-24-10-8-22(9-11-24)28-21-39-29-20-25(12-13-27(29)30(28)34)38-19-5-16-32-17-14-23(15-18-32)33(31)40(35,36)26-6-3-2-4-7-26/h2-4,6-13,20-21,23,30,34H,5,14-19H2,1H3. The SMILES string of the molecule is COc1ccc(C2=COc3cc(OCCCN4CCC(N(Br)S(=O)(=O)c5ccccc5)CC4)ccc3C2O)cc1. The van der Waals surface area contributed by atoms with Crippen LogP contribution in [-0.2, 0) is 10.0 Å². The Hall–Kier alpha value is -2.89. The maximum absolute atomic E-state index is 12.9. The fourth-order valence-corrected chi connectivity index (χ4v) is 7.23. The zero-order valence-electron chi connectivity index (χ0n) is 22.3. The summed E-state index contributed by atoms with van der Waals surface area (Å²) < 4.78 is 44.2. The van der Waals surface area contributed by atoms with Gasteiger partial charge in [-0.3, -0.25) is 0 Å². The van der Waals surface area contributed by atoms with Crippen LogP contribution in [0.2, 0.25) is 0 Å². The molecular weight excluding hydrogens is 596 g/mol. The molecule has 1 N–H and O–H groups in total. The molecule has 3 aromatic rings. The molecule has 1 atom stereocenters. The minimum Gasteiger partial charge on any atom is -0.497 e. The number of piperidine rings is 1. The van der Waals surface area contributed by atoms with Crippen LogP contribution in [0.3, 0.4) is 0 Å². The third kappa shape index (κ3) is 6.37. The number of likely N-dealkylation sites (tertiary alicyclic amines) is 1. The molecule has 2 heterocycles. The summed E-state index contributed by atoms with van der Waals surface area (Å²) in [6.45, 7) is 3.06. The van der Waals surface area contributed by atoms with Crippen LogP contribution in [0.5, 0.6) is 17.2 Å². The van der Waals surface area contributed by atoms with Crippen molar-refractivity contribution in [3.05, 3.63) is 90.2 Å². The molecule has 0 saturated carbocycles. The molecule has 8 nitrogen and oxygen atoms in total. The third-order valence-corrected chi connectivity index (χ3v) is 10.7. The van der Waals surface area contributed by atoms with Gasteiger partial charge in [0.05, 0.1) is 24.9 Å². The second-order valence-corrected chi connectivity index (χ2v) is 12.9. The van der Waals surface area contributed by atoms with E-state index in [1.807, 2.05) is 42.5 Å². The molecule has 2 aliphatic rings. The van der Waals surface area contributed by atoms with Crippen molar-refractivity contribution >= 4 is 31.7 Å². The van der Waals surface area contributed by atoms with Crippen molar-refractivity contribution in [1.29, 1.82) is 0 Å². The number of rotatable bonds is 10. The monoisotopic (exact) mass is 628 g/mol. The van der Waals surface area contributed by atoms with Crippen LogP contribution in [0.1, 0.15) is 36.5 Å². The first-order valence-corrected chi connectivity index (χ1v) is 15.5. The lowest BCUT2D eigenvalue weighted by Crippen LogP contribution is -2.43. The minimum atomic E-state index is -3.56. The van der Waals surface area contributed by atoms with E-state index in [2.05, 4.69) is 21.0 Å². The van der Waals surface area contributed by atoms with E-state index in [-0.39, 0.29) is 6.04 Å². The second-order valence-electron chi connectivity index (χ2n) is 9.86. The van der Waals surface area contributed by atoms with Crippen LogP contribution in [0.25, 0.3) is 5.57 Å². The fraction of sp³-hybridized carbons (Fsp3) is 0.333. The smallest absolute Gasteiger partial charge is 0.252 e. The predicted octanol–water partition coefficient (Wildman–Crippen LogP) is 5.40. The van der Waals surface area contributed by atoms with Gasteiger partial charge in [-0.1, -0.05) is 30.3 Å². The lowest BCUT2D eigenvalue weighted by molar-refractivity contribution is 0.176. The van der Waals surface area contributed by atoms with Crippen molar-refractivity contribution in [2.45, 2.75) is 36.3 Å². The number of nitrogens with zero attached hydrogens (tertiary/aromatic N) is 2. The van der Waals surface area contributed by atoms with Gasteiger partial charge in [0.25, 0.3) is 10.0 Å². The molecule has 1 fully saturated rings. The molecule has 0 bridgehead atoms.